The van der Waals surface area contributed by atoms with Gasteiger partial charge in [0.2, 0.25) is 10.0 Å². The van der Waals surface area contributed by atoms with Gasteiger partial charge in [-0.1, -0.05) is 0 Å². The molecule has 0 amide bonds. The van der Waals surface area contributed by atoms with E-state index in [1.54, 1.807) is 0 Å². The van der Waals surface area contributed by atoms with Crippen LogP contribution in [0.4, 0.5) is 13.2 Å². The predicted octanol–water partition coefficient (Wildman–Crippen LogP) is 2.36. The lowest BCUT2D eigenvalue weighted by molar-refractivity contribution is -0.134. The summed E-state index contributed by atoms with van der Waals surface area (Å²) in [5, 5.41) is 0. The fourth-order valence-corrected chi connectivity index (χ4v) is 3.63. The molecule has 0 aromatic rings. The van der Waals surface area contributed by atoms with Crippen molar-refractivity contribution in [2.24, 2.45) is 0 Å². The van der Waals surface area contributed by atoms with Crippen LogP contribution in [0.2, 0.25) is 0 Å². The van der Waals surface area contributed by atoms with Gasteiger partial charge in [0.1, 0.15) is 0 Å². The summed E-state index contributed by atoms with van der Waals surface area (Å²) in [6.45, 7) is 0.181. The Bertz CT molecular complexity index is 341. The van der Waals surface area contributed by atoms with Crippen molar-refractivity contribution < 1.29 is 21.6 Å². The summed E-state index contributed by atoms with van der Waals surface area (Å²) in [6.07, 6.45) is -4.21. The minimum absolute atomic E-state index is 0.0513. The van der Waals surface area contributed by atoms with E-state index in [1.165, 1.54) is 4.31 Å². The number of nitrogens with zero attached hydrogens (tertiary/aromatic N) is 1. The number of hydrogen-bond donors (Lipinski definition) is 0. The molecule has 1 fully saturated rings. The Morgan fingerprint density at radius 3 is 2.29 bits per heavy atom. The number of halogens is 4. The molecule has 0 aromatic carbocycles. The average molecular weight is 294 g/mol. The number of alkyl halides is 4. The molecule has 0 saturated heterocycles. The number of hydrogen-bond acceptors (Lipinski definition) is 2. The first-order chi connectivity index (χ1) is 7.76. The fraction of sp³-hybridized carbons (Fsp3) is 1.00. The molecule has 0 spiro atoms. The average Bonchev–Trinajstić information content (AvgIpc) is 2.94. The van der Waals surface area contributed by atoms with Crippen molar-refractivity contribution in [3.8, 4) is 0 Å². The smallest absolute Gasteiger partial charge is 0.212 e. The topological polar surface area (TPSA) is 37.4 Å². The van der Waals surface area contributed by atoms with Crippen LogP contribution in [0.1, 0.15) is 25.7 Å². The molecule has 0 unspecified atom stereocenters. The zero-order valence-electron chi connectivity index (χ0n) is 9.21. The molecule has 8 heteroatoms. The lowest BCUT2D eigenvalue weighted by Crippen LogP contribution is -2.36. The Hall–Kier alpha value is -0.0100. The van der Waals surface area contributed by atoms with Crippen molar-refractivity contribution >= 4 is 21.6 Å². The van der Waals surface area contributed by atoms with Crippen molar-refractivity contribution in [3.05, 3.63) is 0 Å². The zero-order chi connectivity index (χ0) is 13.1. The quantitative estimate of drug-likeness (QED) is 0.676. The first-order valence-corrected chi connectivity index (χ1v) is 7.53. The van der Waals surface area contributed by atoms with E-state index in [4.69, 9.17) is 11.6 Å². The number of rotatable bonds is 7. The molecule has 0 bridgehead atoms. The number of sulfonamides is 1. The van der Waals surface area contributed by atoms with E-state index < -0.39 is 34.8 Å². The summed E-state index contributed by atoms with van der Waals surface area (Å²) in [5.74, 6) is -0.297. The highest BCUT2D eigenvalue weighted by atomic mass is 35.5. The Morgan fingerprint density at radius 1 is 1.29 bits per heavy atom. The lowest BCUT2D eigenvalue weighted by Gasteiger charge is -2.20. The Balaban J connectivity index is 2.48. The van der Waals surface area contributed by atoms with Gasteiger partial charge in [0.05, 0.1) is 5.75 Å². The second kappa shape index (κ2) is 5.75. The van der Waals surface area contributed by atoms with E-state index in [-0.39, 0.29) is 18.5 Å². The van der Waals surface area contributed by atoms with Crippen LogP contribution in [0.15, 0.2) is 0 Å². The van der Waals surface area contributed by atoms with Crippen LogP contribution in [-0.4, -0.2) is 43.1 Å². The molecule has 0 heterocycles. The monoisotopic (exact) mass is 293 g/mol. The maximum absolute atomic E-state index is 11.9. The van der Waals surface area contributed by atoms with Crippen LogP contribution < -0.4 is 0 Å². The highest BCUT2D eigenvalue weighted by Crippen LogP contribution is 2.30. The summed E-state index contributed by atoms with van der Waals surface area (Å²) < 4.78 is 60.6. The van der Waals surface area contributed by atoms with Crippen molar-refractivity contribution in [1.29, 1.82) is 0 Å². The van der Waals surface area contributed by atoms with Gasteiger partial charge in [0.25, 0.3) is 0 Å². The van der Waals surface area contributed by atoms with Crippen LogP contribution in [0.3, 0.4) is 0 Å². The van der Waals surface area contributed by atoms with Gasteiger partial charge in [0, 0.05) is 24.9 Å². The van der Waals surface area contributed by atoms with Crippen molar-refractivity contribution in [2.45, 2.75) is 37.9 Å². The highest BCUT2D eigenvalue weighted by molar-refractivity contribution is 7.89. The Morgan fingerprint density at radius 2 is 1.88 bits per heavy atom. The minimum atomic E-state index is -4.30. The molecule has 0 aromatic heterocycles. The molecule has 0 N–H and O–H groups in total. The molecule has 1 aliphatic rings. The Labute approximate surface area is 104 Å². The van der Waals surface area contributed by atoms with E-state index in [0.29, 0.717) is 0 Å². The molecule has 3 nitrogen and oxygen atoms in total. The van der Waals surface area contributed by atoms with Gasteiger partial charge in [-0.2, -0.15) is 17.5 Å². The molecule has 0 radical (unpaired) electrons. The summed E-state index contributed by atoms with van der Waals surface area (Å²) in [4.78, 5) is 0. The molecular formula is C9H15ClF3NO2S. The van der Waals surface area contributed by atoms with E-state index in [0.717, 1.165) is 12.8 Å². The van der Waals surface area contributed by atoms with Crippen LogP contribution in [0.25, 0.3) is 0 Å². The van der Waals surface area contributed by atoms with Crippen LogP contribution in [0, 0.1) is 0 Å². The van der Waals surface area contributed by atoms with E-state index in [2.05, 4.69) is 0 Å². The molecular weight excluding hydrogens is 279 g/mol. The largest absolute Gasteiger partial charge is 0.389 e. The maximum atomic E-state index is 11.9. The first kappa shape index (κ1) is 15.0. The second-order valence-electron chi connectivity index (χ2n) is 4.07. The van der Waals surface area contributed by atoms with Gasteiger partial charge in [0.15, 0.2) is 0 Å². The SMILES string of the molecule is O=S(=O)(CCCC(F)(F)F)N(CCCl)C1CC1. The summed E-state index contributed by atoms with van der Waals surface area (Å²) in [7, 11) is -3.59. The highest BCUT2D eigenvalue weighted by Gasteiger charge is 2.37. The molecule has 1 saturated carbocycles. The molecule has 1 aliphatic carbocycles. The van der Waals surface area contributed by atoms with Crippen molar-refractivity contribution in [3.63, 3.8) is 0 Å². The normalized spacial score (nSPS) is 17.7. The summed E-state index contributed by atoms with van der Waals surface area (Å²) >= 11 is 5.49. The Kier molecular flexibility index (Phi) is 5.09. The third-order valence-corrected chi connectivity index (χ3v) is 4.65. The summed E-state index contributed by atoms with van der Waals surface area (Å²) in [5.41, 5.74) is 0. The van der Waals surface area contributed by atoms with E-state index in [9.17, 15) is 21.6 Å². The fourth-order valence-electron chi connectivity index (χ4n) is 1.57. The summed E-state index contributed by atoms with van der Waals surface area (Å²) in [6, 6.07) is -0.0513. The second-order valence-corrected chi connectivity index (χ2v) is 6.48. The van der Waals surface area contributed by atoms with Gasteiger partial charge in [-0.25, -0.2) is 8.42 Å². The zero-order valence-corrected chi connectivity index (χ0v) is 10.8. The first-order valence-electron chi connectivity index (χ1n) is 5.38. The minimum Gasteiger partial charge on any atom is -0.212 e. The maximum Gasteiger partial charge on any atom is 0.389 e. The van der Waals surface area contributed by atoms with Crippen molar-refractivity contribution in [1.82, 2.24) is 4.31 Å². The molecule has 0 atom stereocenters. The molecule has 0 aliphatic heterocycles. The van der Waals surface area contributed by atoms with Gasteiger partial charge in [-0.05, 0) is 19.3 Å². The van der Waals surface area contributed by atoms with Crippen LogP contribution in [-0.2, 0) is 10.0 Å². The molecule has 1 rings (SSSR count). The predicted molar refractivity (Wildman–Crippen MR) is 59.5 cm³/mol. The van der Waals surface area contributed by atoms with Crippen LogP contribution in [0.5, 0.6) is 0 Å². The third kappa shape index (κ3) is 5.44. The van der Waals surface area contributed by atoms with Gasteiger partial charge >= 0.3 is 6.18 Å². The van der Waals surface area contributed by atoms with Gasteiger partial charge < -0.3 is 0 Å². The van der Waals surface area contributed by atoms with Gasteiger partial charge in [-0.15, -0.1) is 11.6 Å². The van der Waals surface area contributed by atoms with E-state index in [1.807, 2.05) is 0 Å². The van der Waals surface area contributed by atoms with E-state index >= 15 is 0 Å². The molecule has 102 valence electrons. The van der Waals surface area contributed by atoms with Crippen molar-refractivity contribution in [2.75, 3.05) is 18.2 Å². The molecule has 17 heavy (non-hydrogen) atoms. The van der Waals surface area contributed by atoms with Gasteiger partial charge in [-0.3, -0.25) is 0 Å². The standard InChI is InChI=1S/C9H15ClF3NO2S/c10-5-6-14(8-2-3-8)17(15,16)7-1-4-9(11,12)13/h8H,1-7H2. The lowest BCUT2D eigenvalue weighted by atomic mass is 10.3. The third-order valence-electron chi connectivity index (χ3n) is 2.48. The van der Waals surface area contributed by atoms with Crippen LogP contribution >= 0.6 is 11.6 Å².